The number of hydrogen-bond acceptors (Lipinski definition) is 2. The standard InChI is InChI=1S/C15H18F2N2O/c1-3-10(2)19-8-7-11(18-19)9-14(20)12-5-4-6-13(16)15(12)17/h4-8,10,14,20H,3,9H2,1-2H3. The molecule has 5 heteroatoms. The summed E-state index contributed by atoms with van der Waals surface area (Å²) in [6.45, 7) is 4.10. The van der Waals surface area contributed by atoms with E-state index < -0.39 is 17.7 Å². The first kappa shape index (κ1) is 14.7. The van der Waals surface area contributed by atoms with Crippen LogP contribution >= 0.6 is 0 Å². The summed E-state index contributed by atoms with van der Waals surface area (Å²) in [6.07, 6.45) is 1.83. The summed E-state index contributed by atoms with van der Waals surface area (Å²) < 4.78 is 28.5. The van der Waals surface area contributed by atoms with Crippen molar-refractivity contribution in [2.75, 3.05) is 0 Å². The number of aromatic nitrogens is 2. The van der Waals surface area contributed by atoms with Gasteiger partial charge in [0.15, 0.2) is 11.6 Å². The molecule has 0 bridgehead atoms. The van der Waals surface area contributed by atoms with Crippen molar-refractivity contribution >= 4 is 0 Å². The van der Waals surface area contributed by atoms with Crippen LogP contribution in [0, 0.1) is 11.6 Å². The van der Waals surface area contributed by atoms with E-state index in [1.54, 1.807) is 6.07 Å². The third-order valence-electron chi connectivity index (χ3n) is 3.45. The van der Waals surface area contributed by atoms with Crippen molar-refractivity contribution in [3.05, 3.63) is 53.4 Å². The zero-order valence-electron chi connectivity index (χ0n) is 11.6. The lowest BCUT2D eigenvalue weighted by molar-refractivity contribution is 0.170. The second kappa shape index (κ2) is 6.13. The highest BCUT2D eigenvalue weighted by Gasteiger charge is 2.17. The largest absolute Gasteiger partial charge is 0.388 e. The van der Waals surface area contributed by atoms with E-state index >= 15 is 0 Å². The lowest BCUT2D eigenvalue weighted by atomic mass is 10.0. The number of halogens is 2. The summed E-state index contributed by atoms with van der Waals surface area (Å²) in [5, 5.41) is 14.4. The van der Waals surface area contributed by atoms with Gasteiger partial charge in [-0.2, -0.15) is 5.10 Å². The highest BCUT2D eigenvalue weighted by atomic mass is 19.2. The molecule has 0 saturated heterocycles. The second-order valence-electron chi connectivity index (χ2n) is 4.91. The zero-order valence-corrected chi connectivity index (χ0v) is 11.6. The molecule has 1 aromatic carbocycles. The quantitative estimate of drug-likeness (QED) is 0.911. The maximum absolute atomic E-state index is 13.6. The maximum Gasteiger partial charge on any atom is 0.164 e. The molecule has 20 heavy (non-hydrogen) atoms. The fourth-order valence-corrected chi connectivity index (χ4v) is 2.00. The Hall–Kier alpha value is -1.75. The van der Waals surface area contributed by atoms with Gasteiger partial charge in [0.25, 0.3) is 0 Å². The van der Waals surface area contributed by atoms with Gasteiger partial charge in [-0.25, -0.2) is 8.78 Å². The van der Waals surface area contributed by atoms with Gasteiger partial charge < -0.3 is 5.11 Å². The molecule has 1 N–H and O–H groups in total. The third-order valence-corrected chi connectivity index (χ3v) is 3.45. The summed E-state index contributed by atoms with van der Waals surface area (Å²) in [7, 11) is 0. The smallest absolute Gasteiger partial charge is 0.164 e. The van der Waals surface area contributed by atoms with Crippen molar-refractivity contribution < 1.29 is 13.9 Å². The Balaban J connectivity index is 2.13. The molecule has 2 rings (SSSR count). The summed E-state index contributed by atoms with van der Waals surface area (Å²) in [6, 6.07) is 5.85. The van der Waals surface area contributed by atoms with Gasteiger partial charge in [-0.05, 0) is 25.5 Å². The fourth-order valence-electron chi connectivity index (χ4n) is 2.00. The van der Waals surface area contributed by atoms with Crippen LogP contribution in [0.5, 0.6) is 0 Å². The number of aliphatic hydroxyl groups is 1. The molecule has 0 aliphatic rings. The minimum absolute atomic E-state index is 0.0388. The molecular formula is C15H18F2N2O. The lowest BCUT2D eigenvalue weighted by Gasteiger charge is -2.11. The van der Waals surface area contributed by atoms with E-state index in [0.29, 0.717) is 5.69 Å². The Bertz CT molecular complexity index is 583. The predicted molar refractivity (Wildman–Crippen MR) is 72.3 cm³/mol. The summed E-state index contributed by atoms with van der Waals surface area (Å²) in [5.74, 6) is -1.95. The monoisotopic (exact) mass is 280 g/mol. The Kier molecular flexibility index (Phi) is 4.49. The number of nitrogens with zero attached hydrogens (tertiary/aromatic N) is 2. The number of rotatable bonds is 5. The van der Waals surface area contributed by atoms with E-state index in [1.165, 1.54) is 12.1 Å². The van der Waals surface area contributed by atoms with Crippen molar-refractivity contribution in [1.82, 2.24) is 9.78 Å². The van der Waals surface area contributed by atoms with Crippen molar-refractivity contribution in [3.8, 4) is 0 Å². The zero-order chi connectivity index (χ0) is 14.7. The molecule has 2 unspecified atom stereocenters. The molecule has 0 fully saturated rings. The molecule has 1 aromatic heterocycles. The first-order valence-corrected chi connectivity index (χ1v) is 6.69. The number of aliphatic hydroxyl groups excluding tert-OH is 1. The lowest BCUT2D eigenvalue weighted by Crippen LogP contribution is -2.08. The first-order chi connectivity index (χ1) is 9.52. The van der Waals surface area contributed by atoms with Gasteiger partial charge in [0.2, 0.25) is 0 Å². The van der Waals surface area contributed by atoms with Crippen molar-refractivity contribution in [3.63, 3.8) is 0 Å². The van der Waals surface area contributed by atoms with E-state index in [2.05, 4.69) is 12.0 Å². The summed E-state index contributed by atoms with van der Waals surface area (Å²) >= 11 is 0. The molecule has 0 aliphatic carbocycles. The van der Waals surface area contributed by atoms with Crippen LogP contribution in [0.1, 0.15) is 43.7 Å². The van der Waals surface area contributed by atoms with E-state index in [-0.39, 0.29) is 18.0 Å². The van der Waals surface area contributed by atoms with Gasteiger partial charge in [0, 0.05) is 24.2 Å². The van der Waals surface area contributed by atoms with Gasteiger partial charge in [0.1, 0.15) is 0 Å². The van der Waals surface area contributed by atoms with Crippen molar-refractivity contribution in [1.29, 1.82) is 0 Å². The molecule has 0 amide bonds. The average molecular weight is 280 g/mol. The van der Waals surface area contributed by atoms with Crippen LogP contribution in [-0.2, 0) is 6.42 Å². The van der Waals surface area contributed by atoms with E-state index in [9.17, 15) is 13.9 Å². The van der Waals surface area contributed by atoms with Crippen LogP contribution in [0.4, 0.5) is 8.78 Å². The summed E-state index contributed by atoms with van der Waals surface area (Å²) in [5.41, 5.74) is 0.615. The predicted octanol–water partition coefficient (Wildman–Crippen LogP) is 3.41. The topological polar surface area (TPSA) is 38.0 Å². The van der Waals surface area contributed by atoms with Crippen molar-refractivity contribution in [2.24, 2.45) is 0 Å². The van der Waals surface area contributed by atoms with Gasteiger partial charge in [-0.1, -0.05) is 19.1 Å². The van der Waals surface area contributed by atoms with Crippen LogP contribution in [0.15, 0.2) is 30.5 Å². The molecular weight excluding hydrogens is 262 g/mol. The molecule has 3 nitrogen and oxygen atoms in total. The van der Waals surface area contributed by atoms with Crippen LogP contribution in [-0.4, -0.2) is 14.9 Å². The fraction of sp³-hybridized carbons (Fsp3) is 0.400. The van der Waals surface area contributed by atoms with Crippen LogP contribution < -0.4 is 0 Å². The minimum atomic E-state index is -1.11. The highest BCUT2D eigenvalue weighted by Crippen LogP contribution is 2.22. The van der Waals surface area contributed by atoms with Crippen LogP contribution in [0.3, 0.4) is 0 Å². The Morgan fingerprint density at radius 1 is 1.30 bits per heavy atom. The van der Waals surface area contributed by atoms with E-state index in [1.807, 2.05) is 17.8 Å². The molecule has 0 aliphatic heterocycles. The van der Waals surface area contributed by atoms with Gasteiger partial charge in [0.05, 0.1) is 11.8 Å². The van der Waals surface area contributed by atoms with E-state index in [0.717, 1.165) is 12.5 Å². The molecule has 0 radical (unpaired) electrons. The highest BCUT2D eigenvalue weighted by molar-refractivity contribution is 5.22. The van der Waals surface area contributed by atoms with Gasteiger partial charge >= 0.3 is 0 Å². The Labute approximate surface area is 116 Å². The molecule has 1 heterocycles. The summed E-state index contributed by atoms with van der Waals surface area (Å²) in [4.78, 5) is 0. The molecule has 2 atom stereocenters. The molecule has 2 aromatic rings. The number of hydrogen-bond donors (Lipinski definition) is 1. The van der Waals surface area contributed by atoms with Gasteiger partial charge in [-0.3, -0.25) is 4.68 Å². The van der Waals surface area contributed by atoms with Gasteiger partial charge in [-0.15, -0.1) is 0 Å². The maximum atomic E-state index is 13.6. The number of benzene rings is 1. The Morgan fingerprint density at radius 3 is 2.75 bits per heavy atom. The second-order valence-corrected chi connectivity index (χ2v) is 4.91. The van der Waals surface area contributed by atoms with E-state index in [4.69, 9.17) is 0 Å². The van der Waals surface area contributed by atoms with Crippen LogP contribution in [0.25, 0.3) is 0 Å². The Morgan fingerprint density at radius 2 is 2.05 bits per heavy atom. The SMILES string of the molecule is CCC(C)n1ccc(CC(O)c2cccc(F)c2F)n1. The van der Waals surface area contributed by atoms with Crippen LogP contribution in [0.2, 0.25) is 0 Å². The van der Waals surface area contributed by atoms with Crippen molar-refractivity contribution in [2.45, 2.75) is 38.8 Å². The minimum Gasteiger partial charge on any atom is -0.388 e. The first-order valence-electron chi connectivity index (χ1n) is 6.69. The molecule has 0 saturated carbocycles. The molecule has 108 valence electrons. The normalized spacial score (nSPS) is 14.2. The average Bonchev–Trinajstić information content (AvgIpc) is 2.89. The molecule has 0 spiro atoms. The third kappa shape index (κ3) is 3.04.